The van der Waals surface area contributed by atoms with Gasteiger partial charge in [-0.1, -0.05) is 13.8 Å². The fraction of sp³-hybridized carbons (Fsp3) is 0.583. The van der Waals surface area contributed by atoms with E-state index in [4.69, 9.17) is 0 Å². The van der Waals surface area contributed by atoms with Crippen LogP contribution in [0.1, 0.15) is 24.3 Å². The highest BCUT2D eigenvalue weighted by molar-refractivity contribution is 9.10. The molecular formula is C12H20BrN3O. The number of hydrogen-bond acceptors (Lipinski definition) is 2. The average Bonchev–Trinajstić information content (AvgIpc) is 2.64. The van der Waals surface area contributed by atoms with Crippen molar-refractivity contribution in [3.63, 3.8) is 0 Å². The Bertz CT molecular complexity index is 372. The van der Waals surface area contributed by atoms with Crippen molar-refractivity contribution in [3.05, 3.63) is 22.4 Å². The smallest absolute Gasteiger partial charge is 0.267 e. The number of amides is 1. The van der Waals surface area contributed by atoms with Gasteiger partial charge in [0.2, 0.25) is 0 Å². The fourth-order valence-corrected chi connectivity index (χ4v) is 2.23. The van der Waals surface area contributed by atoms with Gasteiger partial charge in [-0.3, -0.25) is 4.79 Å². The minimum absolute atomic E-state index is 0.0228. The Morgan fingerprint density at radius 1 is 1.47 bits per heavy atom. The Balaban J connectivity index is 2.42. The standard InChI is InChI=1S/C12H20BrN3O/c1-4-16(5-2)7-6-14-12(17)11-8-10(13)9-15(11)3/h8-9H,4-7H2,1-3H3,(H,14,17). The van der Waals surface area contributed by atoms with Crippen molar-refractivity contribution in [2.45, 2.75) is 13.8 Å². The summed E-state index contributed by atoms with van der Waals surface area (Å²) in [5.74, 6) is -0.0228. The fourth-order valence-electron chi connectivity index (χ4n) is 1.71. The zero-order valence-electron chi connectivity index (χ0n) is 10.7. The summed E-state index contributed by atoms with van der Waals surface area (Å²) >= 11 is 3.36. The van der Waals surface area contributed by atoms with E-state index in [2.05, 4.69) is 40.0 Å². The number of nitrogens with one attached hydrogen (secondary N) is 1. The van der Waals surface area contributed by atoms with Crippen LogP contribution in [0.25, 0.3) is 0 Å². The van der Waals surface area contributed by atoms with Crippen LogP contribution in [-0.2, 0) is 7.05 Å². The highest BCUT2D eigenvalue weighted by Crippen LogP contribution is 2.13. The lowest BCUT2D eigenvalue weighted by Gasteiger charge is -2.17. The number of halogens is 1. The van der Waals surface area contributed by atoms with Gasteiger partial charge in [-0.2, -0.15) is 0 Å². The molecule has 1 aromatic rings. The molecule has 4 nitrogen and oxygen atoms in total. The van der Waals surface area contributed by atoms with Gasteiger partial charge in [-0.15, -0.1) is 0 Å². The Labute approximate surface area is 111 Å². The third kappa shape index (κ3) is 4.16. The first-order valence-electron chi connectivity index (χ1n) is 5.90. The van der Waals surface area contributed by atoms with E-state index >= 15 is 0 Å². The maximum Gasteiger partial charge on any atom is 0.267 e. The van der Waals surface area contributed by atoms with Crippen LogP contribution in [0.5, 0.6) is 0 Å². The molecule has 5 heteroatoms. The summed E-state index contributed by atoms with van der Waals surface area (Å²) in [5, 5.41) is 2.93. The van der Waals surface area contributed by atoms with Crippen molar-refractivity contribution < 1.29 is 4.79 Å². The second kappa shape index (κ2) is 6.81. The summed E-state index contributed by atoms with van der Waals surface area (Å²) in [4.78, 5) is 14.1. The summed E-state index contributed by atoms with van der Waals surface area (Å²) in [6, 6.07) is 1.83. The van der Waals surface area contributed by atoms with Crippen LogP contribution in [0.2, 0.25) is 0 Å². The third-order valence-electron chi connectivity index (χ3n) is 2.81. The van der Waals surface area contributed by atoms with Crippen LogP contribution in [0.3, 0.4) is 0 Å². The molecule has 0 aromatic carbocycles. The van der Waals surface area contributed by atoms with Crippen LogP contribution in [0.15, 0.2) is 16.7 Å². The molecule has 0 saturated heterocycles. The minimum atomic E-state index is -0.0228. The molecule has 0 radical (unpaired) electrons. The molecule has 0 bridgehead atoms. The maximum absolute atomic E-state index is 11.9. The van der Waals surface area contributed by atoms with E-state index in [-0.39, 0.29) is 5.91 Å². The second-order valence-electron chi connectivity index (χ2n) is 3.94. The highest BCUT2D eigenvalue weighted by atomic mass is 79.9. The van der Waals surface area contributed by atoms with Crippen LogP contribution in [0, 0.1) is 0 Å². The SMILES string of the molecule is CCN(CC)CCNC(=O)c1cc(Br)cn1C. The maximum atomic E-state index is 11.9. The lowest BCUT2D eigenvalue weighted by molar-refractivity contribution is 0.0941. The van der Waals surface area contributed by atoms with Gasteiger partial charge in [0.25, 0.3) is 5.91 Å². The summed E-state index contributed by atoms with van der Waals surface area (Å²) in [6.45, 7) is 7.86. The number of hydrogen-bond donors (Lipinski definition) is 1. The normalized spacial score (nSPS) is 10.9. The molecule has 0 spiro atoms. The molecule has 1 amide bonds. The zero-order chi connectivity index (χ0) is 12.8. The van der Waals surface area contributed by atoms with Gasteiger partial charge in [-0.05, 0) is 35.1 Å². The van der Waals surface area contributed by atoms with Crippen molar-refractivity contribution >= 4 is 21.8 Å². The van der Waals surface area contributed by atoms with E-state index in [1.807, 2.05) is 23.9 Å². The molecule has 0 aliphatic heterocycles. The topological polar surface area (TPSA) is 37.3 Å². The predicted octanol–water partition coefficient (Wildman–Crippen LogP) is 1.86. The van der Waals surface area contributed by atoms with Crippen LogP contribution < -0.4 is 5.32 Å². The largest absolute Gasteiger partial charge is 0.349 e. The molecule has 0 saturated carbocycles. The van der Waals surface area contributed by atoms with E-state index in [0.717, 1.165) is 24.1 Å². The quantitative estimate of drug-likeness (QED) is 0.871. The van der Waals surface area contributed by atoms with Crippen LogP contribution >= 0.6 is 15.9 Å². The lowest BCUT2D eigenvalue weighted by Crippen LogP contribution is -2.35. The van der Waals surface area contributed by atoms with E-state index < -0.39 is 0 Å². The first-order chi connectivity index (χ1) is 8.08. The van der Waals surface area contributed by atoms with Gasteiger partial charge in [0.1, 0.15) is 5.69 Å². The van der Waals surface area contributed by atoms with Crippen molar-refractivity contribution in [2.75, 3.05) is 26.2 Å². The Morgan fingerprint density at radius 2 is 2.12 bits per heavy atom. The molecule has 1 heterocycles. The van der Waals surface area contributed by atoms with Gasteiger partial charge in [-0.25, -0.2) is 0 Å². The van der Waals surface area contributed by atoms with E-state index in [1.165, 1.54) is 0 Å². The van der Waals surface area contributed by atoms with Gasteiger partial charge < -0.3 is 14.8 Å². The monoisotopic (exact) mass is 301 g/mol. The minimum Gasteiger partial charge on any atom is -0.349 e. The number of rotatable bonds is 6. The lowest BCUT2D eigenvalue weighted by atomic mass is 10.4. The summed E-state index contributed by atoms with van der Waals surface area (Å²) in [7, 11) is 1.87. The molecular weight excluding hydrogens is 282 g/mol. The van der Waals surface area contributed by atoms with Crippen LogP contribution in [0.4, 0.5) is 0 Å². The van der Waals surface area contributed by atoms with Gasteiger partial charge in [0.15, 0.2) is 0 Å². The molecule has 17 heavy (non-hydrogen) atoms. The molecule has 0 aliphatic rings. The number of nitrogens with zero attached hydrogens (tertiary/aromatic N) is 2. The average molecular weight is 302 g/mol. The van der Waals surface area contributed by atoms with E-state index in [0.29, 0.717) is 12.2 Å². The number of carbonyl (C=O) groups excluding carboxylic acids is 1. The zero-order valence-corrected chi connectivity index (χ0v) is 12.2. The third-order valence-corrected chi connectivity index (χ3v) is 3.25. The highest BCUT2D eigenvalue weighted by Gasteiger charge is 2.10. The molecule has 0 fully saturated rings. The molecule has 1 aromatic heterocycles. The molecule has 1 rings (SSSR count). The van der Waals surface area contributed by atoms with Gasteiger partial charge >= 0.3 is 0 Å². The predicted molar refractivity (Wildman–Crippen MR) is 73.2 cm³/mol. The van der Waals surface area contributed by atoms with Gasteiger partial charge in [0.05, 0.1) is 0 Å². The second-order valence-corrected chi connectivity index (χ2v) is 4.85. The van der Waals surface area contributed by atoms with Crippen molar-refractivity contribution in [2.24, 2.45) is 7.05 Å². The molecule has 96 valence electrons. The molecule has 0 aliphatic carbocycles. The summed E-state index contributed by atoms with van der Waals surface area (Å²) < 4.78 is 2.74. The Hall–Kier alpha value is -0.810. The van der Waals surface area contributed by atoms with Crippen LogP contribution in [-0.4, -0.2) is 41.6 Å². The Kier molecular flexibility index (Phi) is 5.71. The van der Waals surface area contributed by atoms with Crippen molar-refractivity contribution in [3.8, 4) is 0 Å². The molecule has 0 atom stereocenters. The number of aryl methyl sites for hydroxylation is 1. The van der Waals surface area contributed by atoms with E-state index in [1.54, 1.807) is 0 Å². The van der Waals surface area contributed by atoms with Crippen molar-refractivity contribution in [1.29, 1.82) is 0 Å². The summed E-state index contributed by atoms with van der Waals surface area (Å²) in [6.07, 6.45) is 1.87. The van der Waals surface area contributed by atoms with Crippen molar-refractivity contribution in [1.82, 2.24) is 14.8 Å². The summed E-state index contributed by atoms with van der Waals surface area (Å²) in [5.41, 5.74) is 0.677. The Morgan fingerprint density at radius 3 is 2.59 bits per heavy atom. The number of likely N-dealkylation sites (N-methyl/N-ethyl adjacent to an activating group) is 1. The van der Waals surface area contributed by atoms with E-state index in [9.17, 15) is 4.79 Å². The molecule has 1 N–H and O–H groups in total. The first-order valence-corrected chi connectivity index (χ1v) is 6.70. The first kappa shape index (κ1) is 14.3. The number of aromatic nitrogens is 1. The van der Waals surface area contributed by atoms with Gasteiger partial charge in [0, 0.05) is 30.8 Å². The number of carbonyl (C=O) groups is 1. The molecule has 0 unspecified atom stereocenters.